The van der Waals surface area contributed by atoms with Crippen molar-refractivity contribution in [2.24, 2.45) is 12.8 Å². The van der Waals surface area contributed by atoms with Gasteiger partial charge in [-0.1, -0.05) is 0 Å². The summed E-state index contributed by atoms with van der Waals surface area (Å²) in [4.78, 5) is 2.26. The first-order valence-electron chi connectivity index (χ1n) is 5.72. The van der Waals surface area contributed by atoms with Gasteiger partial charge in [-0.15, -0.1) is 11.3 Å². The van der Waals surface area contributed by atoms with E-state index in [4.69, 9.17) is 5.73 Å². The molecule has 0 aliphatic rings. The number of aromatic nitrogens is 2. The van der Waals surface area contributed by atoms with Crippen molar-refractivity contribution in [2.75, 3.05) is 13.6 Å². The zero-order chi connectivity index (χ0) is 13.1. The van der Waals surface area contributed by atoms with Gasteiger partial charge in [0.2, 0.25) is 0 Å². The first-order valence-corrected chi connectivity index (χ1v) is 7.39. The largest absolute Gasteiger partial charge is 0.329 e. The van der Waals surface area contributed by atoms with Crippen molar-refractivity contribution in [1.29, 1.82) is 0 Å². The summed E-state index contributed by atoms with van der Waals surface area (Å²) >= 11 is 5.19. The van der Waals surface area contributed by atoms with Crippen molar-refractivity contribution in [1.82, 2.24) is 14.7 Å². The van der Waals surface area contributed by atoms with E-state index in [2.05, 4.69) is 44.4 Å². The van der Waals surface area contributed by atoms with Crippen LogP contribution in [0.3, 0.4) is 0 Å². The Labute approximate surface area is 120 Å². The van der Waals surface area contributed by atoms with E-state index in [0.29, 0.717) is 6.54 Å². The number of hydrogen-bond acceptors (Lipinski definition) is 4. The Morgan fingerprint density at radius 1 is 1.61 bits per heavy atom. The van der Waals surface area contributed by atoms with Gasteiger partial charge in [-0.2, -0.15) is 5.10 Å². The molecule has 98 valence electrons. The van der Waals surface area contributed by atoms with Crippen LogP contribution in [0.15, 0.2) is 27.6 Å². The molecular weight excluding hydrogens is 312 g/mol. The fraction of sp³-hybridized carbons (Fsp3) is 0.417. The van der Waals surface area contributed by atoms with Crippen LogP contribution in [0.4, 0.5) is 0 Å². The summed E-state index contributed by atoms with van der Waals surface area (Å²) < 4.78 is 2.98. The topological polar surface area (TPSA) is 47.1 Å². The monoisotopic (exact) mass is 328 g/mol. The van der Waals surface area contributed by atoms with Crippen LogP contribution < -0.4 is 5.73 Å². The number of nitrogens with two attached hydrogens (primary N) is 1. The van der Waals surface area contributed by atoms with Gasteiger partial charge in [0.15, 0.2) is 0 Å². The highest BCUT2D eigenvalue weighted by Gasteiger charge is 2.17. The average Bonchev–Trinajstić information content (AvgIpc) is 2.89. The third-order valence-corrected chi connectivity index (χ3v) is 4.47. The molecule has 0 bridgehead atoms. The predicted molar refractivity (Wildman–Crippen MR) is 78.5 cm³/mol. The Hall–Kier alpha value is -0.690. The van der Waals surface area contributed by atoms with E-state index >= 15 is 0 Å². The molecule has 2 heterocycles. The second-order valence-electron chi connectivity index (χ2n) is 4.37. The Kier molecular flexibility index (Phi) is 4.55. The molecule has 0 saturated heterocycles. The van der Waals surface area contributed by atoms with Crippen LogP contribution in [0.5, 0.6) is 0 Å². The van der Waals surface area contributed by atoms with Crippen molar-refractivity contribution in [2.45, 2.75) is 12.6 Å². The second-order valence-corrected chi connectivity index (χ2v) is 6.66. The SMILES string of the molecule is CN(Cc1csc(Br)c1)C(CN)c1cnn(C)c1. The molecular formula is C12H17BrN4S. The molecule has 0 aliphatic carbocycles. The first-order chi connectivity index (χ1) is 8.60. The zero-order valence-electron chi connectivity index (χ0n) is 10.5. The number of hydrogen-bond donors (Lipinski definition) is 1. The van der Waals surface area contributed by atoms with Crippen molar-refractivity contribution in [3.05, 3.63) is 38.8 Å². The van der Waals surface area contributed by atoms with Crippen LogP contribution in [-0.2, 0) is 13.6 Å². The Morgan fingerprint density at radius 2 is 2.39 bits per heavy atom. The summed E-state index contributed by atoms with van der Waals surface area (Å²) in [7, 11) is 4.02. The van der Waals surface area contributed by atoms with Crippen molar-refractivity contribution in [3.8, 4) is 0 Å². The molecule has 0 saturated carbocycles. The van der Waals surface area contributed by atoms with Crippen LogP contribution in [0.2, 0.25) is 0 Å². The Bertz CT molecular complexity index is 508. The molecule has 2 aromatic heterocycles. The lowest BCUT2D eigenvalue weighted by molar-refractivity contribution is 0.242. The summed E-state index contributed by atoms with van der Waals surface area (Å²) in [5.74, 6) is 0. The highest BCUT2D eigenvalue weighted by molar-refractivity contribution is 9.11. The highest BCUT2D eigenvalue weighted by Crippen LogP contribution is 2.24. The zero-order valence-corrected chi connectivity index (χ0v) is 12.9. The van der Waals surface area contributed by atoms with Gasteiger partial charge in [0.1, 0.15) is 0 Å². The van der Waals surface area contributed by atoms with E-state index in [1.54, 1.807) is 11.3 Å². The highest BCUT2D eigenvalue weighted by atomic mass is 79.9. The van der Waals surface area contributed by atoms with E-state index in [1.165, 1.54) is 5.56 Å². The molecule has 2 N–H and O–H groups in total. The maximum atomic E-state index is 5.89. The van der Waals surface area contributed by atoms with Gasteiger partial charge in [-0.25, -0.2) is 0 Å². The molecule has 0 aliphatic heterocycles. The van der Waals surface area contributed by atoms with E-state index in [0.717, 1.165) is 15.9 Å². The molecule has 18 heavy (non-hydrogen) atoms. The molecule has 4 nitrogen and oxygen atoms in total. The van der Waals surface area contributed by atoms with Crippen molar-refractivity contribution >= 4 is 27.3 Å². The fourth-order valence-corrected chi connectivity index (χ4v) is 3.21. The van der Waals surface area contributed by atoms with Crippen LogP contribution in [0.1, 0.15) is 17.2 Å². The van der Waals surface area contributed by atoms with Crippen LogP contribution in [0, 0.1) is 0 Å². The number of thiophene rings is 1. The summed E-state index contributed by atoms with van der Waals surface area (Å²) in [5, 5.41) is 6.37. The van der Waals surface area contributed by atoms with E-state index in [9.17, 15) is 0 Å². The van der Waals surface area contributed by atoms with E-state index < -0.39 is 0 Å². The number of nitrogens with zero attached hydrogens (tertiary/aromatic N) is 3. The molecule has 0 aromatic carbocycles. The molecule has 2 aromatic rings. The molecule has 0 amide bonds. The summed E-state index contributed by atoms with van der Waals surface area (Å²) in [6.07, 6.45) is 3.91. The normalized spacial score (nSPS) is 13.2. The molecule has 2 rings (SSSR count). The van der Waals surface area contributed by atoms with Gasteiger partial charge in [0, 0.05) is 31.9 Å². The van der Waals surface area contributed by atoms with Gasteiger partial charge in [0.25, 0.3) is 0 Å². The smallest absolute Gasteiger partial charge is 0.0701 e. The molecule has 1 atom stereocenters. The average molecular weight is 329 g/mol. The third kappa shape index (κ3) is 3.20. The first kappa shape index (κ1) is 13.7. The molecule has 6 heteroatoms. The maximum Gasteiger partial charge on any atom is 0.0701 e. The lowest BCUT2D eigenvalue weighted by Gasteiger charge is -2.25. The van der Waals surface area contributed by atoms with Gasteiger partial charge in [0.05, 0.1) is 16.0 Å². The minimum atomic E-state index is 0.206. The summed E-state index contributed by atoms with van der Waals surface area (Å²) in [5.41, 5.74) is 8.35. The molecule has 0 spiro atoms. The van der Waals surface area contributed by atoms with Crippen molar-refractivity contribution in [3.63, 3.8) is 0 Å². The fourth-order valence-electron chi connectivity index (χ4n) is 2.01. The second kappa shape index (κ2) is 5.97. The standard InChI is InChI=1S/C12H17BrN4S/c1-16(6-9-3-12(13)18-8-9)11(4-14)10-5-15-17(2)7-10/h3,5,7-8,11H,4,6,14H2,1-2H3. The van der Waals surface area contributed by atoms with Crippen LogP contribution in [0.25, 0.3) is 0 Å². The molecule has 0 radical (unpaired) electrons. The van der Waals surface area contributed by atoms with Gasteiger partial charge in [-0.05, 0) is 40.0 Å². The number of aryl methyl sites for hydroxylation is 1. The van der Waals surface area contributed by atoms with Crippen molar-refractivity contribution < 1.29 is 0 Å². The van der Waals surface area contributed by atoms with E-state index in [1.807, 2.05) is 24.1 Å². The Morgan fingerprint density at radius 3 is 2.89 bits per heavy atom. The van der Waals surface area contributed by atoms with Gasteiger partial charge in [-0.3, -0.25) is 9.58 Å². The lowest BCUT2D eigenvalue weighted by atomic mass is 10.1. The molecule has 1 unspecified atom stereocenters. The van der Waals surface area contributed by atoms with E-state index in [-0.39, 0.29) is 6.04 Å². The van der Waals surface area contributed by atoms with Crippen LogP contribution in [-0.4, -0.2) is 28.3 Å². The predicted octanol–water partition coefficient (Wildman–Crippen LogP) is 2.38. The summed E-state index contributed by atoms with van der Waals surface area (Å²) in [6, 6.07) is 2.36. The van der Waals surface area contributed by atoms with Gasteiger partial charge >= 0.3 is 0 Å². The quantitative estimate of drug-likeness (QED) is 0.916. The number of rotatable bonds is 5. The Balaban J connectivity index is 2.08. The van der Waals surface area contributed by atoms with Gasteiger partial charge < -0.3 is 5.73 Å². The number of halogens is 1. The summed E-state index contributed by atoms with van der Waals surface area (Å²) in [6.45, 7) is 1.48. The third-order valence-electron chi connectivity index (χ3n) is 2.92. The van der Waals surface area contributed by atoms with Crippen LogP contribution >= 0.6 is 27.3 Å². The minimum Gasteiger partial charge on any atom is -0.329 e. The minimum absolute atomic E-state index is 0.206. The maximum absolute atomic E-state index is 5.89. The molecule has 0 fully saturated rings. The lowest BCUT2D eigenvalue weighted by Crippen LogP contribution is -2.29. The number of likely N-dealkylation sites (N-methyl/N-ethyl adjacent to an activating group) is 1.